The number of nitrogens with one attached hydrogen (secondary N) is 2. The van der Waals surface area contributed by atoms with Gasteiger partial charge in [0.15, 0.2) is 11.0 Å². The standard InChI is InChI=1S/C21H25N5O5S2/c1-5-26-20(14-6-8-15(9-7-14)25-33(4,28)29)23-24-21(26)32-13-19(27)22-17-11-10-16(30-2)12-18(17)31-3/h6-12,25H,5,13H2,1-4H3,(H,22,27). The molecule has 0 aliphatic rings. The highest BCUT2D eigenvalue weighted by atomic mass is 32.2. The Kier molecular flexibility index (Phi) is 7.82. The fourth-order valence-corrected chi connectivity index (χ4v) is 4.38. The van der Waals surface area contributed by atoms with Crippen LogP contribution in [0.15, 0.2) is 47.6 Å². The quantitative estimate of drug-likeness (QED) is 0.415. The van der Waals surface area contributed by atoms with E-state index in [9.17, 15) is 13.2 Å². The molecule has 0 saturated carbocycles. The molecule has 0 radical (unpaired) electrons. The second kappa shape index (κ2) is 10.6. The van der Waals surface area contributed by atoms with E-state index in [0.717, 1.165) is 11.8 Å². The minimum Gasteiger partial charge on any atom is -0.497 e. The third-order valence-corrected chi connectivity index (χ3v) is 6.07. The van der Waals surface area contributed by atoms with E-state index in [0.29, 0.717) is 40.4 Å². The van der Waals surface area contributed by atoms with Gasteiger partial charge in [-0.05, 0) is 43.3 Å². The minimum atomic E-state index is -3.35. The molecule has 3 aromatic rings. The highest BCUT2D eigenvalue weighted by molar-refractivity contribution is 7.99. The number of ether oxygens (including phenoxy) is 2. The molecular weight excluding hydrogens is 466 g/mol. The average Bonchev–Trinajstić information content (AvgIpc) is 3.20. The minimum absolute atomic E-state index is 0.129. The molecule has 0 aliphatic heterocycles. The number of methoxy groups -OCH3 is 2. The lowest BCUT2D eigenvalue weighted by molar-refractivity contribution is -0.113. The summed E-state index contributed by atoms with van der Waals surface area (Å²) in [6, 6.07) is 12.0. The number of benzene rings is 2. The second-order valence-corrected chi connectivity index (χ2v) is 9.60. The maximum atomic E-state index is 12.5. The molecule has 33 heavy (non-hydrogen) atoms. The normalized spacial score (nSPS) is 11.2. The molecule has 0 aliphatic carbocycles. The number of carbonyl (C=O) groups excluding carboxylic acids is 1. The van der Waals surface area contributed by atoms with E-state index in [1.54, 1.807) is 49.6 Å². The molecule has 2 N–H and O–H groups in total. The van der Waals surface area contributed by atoms with Crippen LogP contribution in [0.25, 0.3) is 11.4 Å². The van der Waals surface area contributed by atoms with Crippen LogP contribution in [0.5, 0.6) is 11.5 Å². The predicted octanol–water partition coefficient (Wildman–Crippen LogP) is 3.08. The first-order valence-electron chi connectivity index (χ1n) is 9.90. The van der Waals surface area contributed by atoms with E-state index in [2.05, 4.69) is 20.2 Å². The first-order chi connectivity index (χ1) is 15.7. The van der Waals surface area contributed by atoms with Crippen LogP contribution in [0, 0.1) is 0 Å². The van der Waals surface area contributed by atoms with E-state index < -0.39 is 10.0 Å². The SMILES string of the molecule is CCn1c(SCC(=O)Nc2ccc(OC)cc2OC)nnc1-c1ccc(NS(C)(=O)=O)cc1. The summed E-state index contributed by atoms with van der Waals surface area (Å²) < 4.78 is 37.6. The molecule has 0 bridgehead atoms. The summed E-state index contributed by atoms with van der Waals surface area (Å²) in [5, 5.41) is 11.9. The molecule has 0 fully saturated rings. The highest BCUT2D eigenvalue weighted by Crippen LogP contribution is 2.30. The zero-order chi connectivity index (χ0) is 24.0. The van der Waals surface area contributed by atoms with Crippen LogP contribution in [-0.4, -0.2) is 55.3 Å². The summed E-state index contributed by atoms with van der Waals surface area (Å²) >= 11 is 1.27. The summed E-state index contributed by atoms with van der Waals surface area (Å²) in [5.41, 5.74) is 1.79. The number of nitrogens with zero attached hydrogens (tertiary/aromatic N) is 3. The number of rotatable bonds is 10. The van der Waals surface area contributed by atoms with Gasteiger partial charge >= 0.3 is 0 Å². The molecule has 0 atom stereocenters. The summed E-state index contributed by atoms with van der Waals surface area (Å²) in [5.74, 6) is 1.67. The molecule has 10 nitrogen and oxygen atoms in total. The van der Waals surface area contributed by atoms with Gasteiger partial charge < -0.3 is 19.4 Å². The fourth-order valence-electron chi connectivity index (χ4n) is 3.01. The molecule has 176 valence electrons. The number of carbonyl (C=O) groups is 1. The first kappa shape index (κ1) is 24.4. The van der Waals surface area contributed by atoms with Crippen LogP contribution in [0.3, 0.4) is 0 Å². The van der Waals surface area contributed by atoms with Crippen molar-refractivity contribution in [2.75, 3.05) is 36.3 Å². The Morgan fingerprint density at radius 3 is 2.42 bits per heavy atom. The Hall–Kier alpha value is -3.25. The highest BCUT2D eigenvalue weighted by Gasteiger charge is 2.16. The van der Waals surface area contributed by atoms with Gasteiger partial charge in [0.25, 0.3) is 0 Å². The van der Waals surface area contributed by atoms with Gasteiger partial charge in [-0.3, -0.25) is 9.52 Å². The van der Waals surface area contributed by atoms with Crippen molar-refractivity contribution in [3.8, 4) is 22.9 Å². The molecule has 0 saturated heterocycles. The number of hydrogen-bond donors (Lipinski definition) is 2. The van der Waals surface area contributed by atoms with Gasteiger partial charge in [-0.15, -0.1) is 10.2 Å². The van der Waals surface area contributed by atoms with Crippen molar-refractivity contribution in [3.05, 3.63) is 42.5 Å². The van der Waals surface area contributed by atoms with Crippen molar-refractivity contribution < 1.29 is 22.7 Å². The zero-order valence-corrected chi connectivity index (χ0v) is 20.3. The Morgan fingerprint density at radius 2 is 1.82 bits per heavy atom. The maximum absolute atomic E-state index is 12.5. The van der Waals surface area contributed by atoms with Crippen molar-refractivity contribution in [2.24, 2.45) is 0 Å². The van der Waals surface area contributed by atoms with Crippen molar-refractivity contribution in [1.29, 1.82) is 0 Å². The monoisotopic (exact) mass is 491 g/mol. The smallest absolute Gasteiger partial charge is 0.234 e. The van der Waals surface area contributed by atoms with Crippen molar-refractivity contribution >= 4 is 39.1 Å². The molecule has 1 amide bonds. The number of hydrogen-bond acceptors (Lipinski definition) is 8. The summed E-state index contributed by atoms with van der Waals surface area (Å²) in [7, 11) is -0.268. The molecule has 2 aromatic carbocycles. The lowest BCUT2D eigenvalue weighted by Gasteiger charge is -2.12. The fraction of sp³-hybridized carbons (Fsp3) is 0.286. The van der Waals surface area contributed by atoms with Crippen LogP contribution in [0.2, 0.25) is 0 Å². The van der Waals surface area contributed by atoms with E-state index in [4.69, 9.17) is 9.47 Å². The van der Waals surface area contributed by atoms with Crippen LogP contribution < -0.4 is 19.5 Å². The maximum Gasteiger partial charge on any atom is 0.234 e. The molecule has 0 spiro atoms. The van der Waals surface area contributed by atoms with E-state index in [-0.39, 0.29) is 11.7 Å². The van der Waals surface area contributed by atoms with Crippen LogP contribution in [0.1, 0.15) is 6.92 Å². The van der Waals surface area contributed by atoms with Gasteiger partial charge in [-0.1, -0.05) is 11.8 Å². The van der Waals surface area contributed by atoms with Crippen LogP contribution in [0.4, 0.5) is 11.4 Å². The van der Waals surface area contributed by atoms with Crippen LogP contribution in [-0.2, 0) is 21.4 Å². The number of anilines is 2. The topological polar surface area (TPSA) is 124 Å². The Bertz CT molecular complexity index is 1230. The van der Waals surface area contributed by atoms with Gasteiger partial charge in [-0.25, -0.2) is 8.42 Å². The largest absolute Gasteiger partial charge is 0.497 e. The van der Waals surface area contributed by atoms with Crippen molar-refractivity contribution in [1.82, 2.24) is 14.8 Å². The average molecular weight is 492 g/mol. The molecular formula is C21H25N5O5S2. The van der Waals surface area contributed by atoms with Crippen molar-refractivity contribution in [2.45, 2.75) is 18.6 Å². The van der Waals surface area contributed by atoms with E-state index in [1.165, 1.54) is 18.9 Å². The Balaban J connectivity index is 1.69. The number of amides is 1. The first-order valence-corrected chi connectivity index (χ1v) is 12.8. The van der Waals surface area contributed by atoms with Gasteiger partial charge in [-0.2, -0.15) is 0 Å². The Morgan fingerprint density at radius 1 is 1.09 bits per heavy atom. The van der Waals surface area contributed by atoms with Gasteiger partial charge in [0.2, 0.25) is 15.9 Å². The second-order valence-electron chi connectivity index (χ2n) is 6.91. The van der Waals surface area contributed by atoms with Gasteiger partial charge in [0.05, 0.1) is 31.9 Å². The molecule has 12 heteroatoms. The summed E-state index contributed by atoms with van der Waals surface area (Å²) in [4.78, 5) is 12.5. The molecule has 0 unspecified atom stereocenters. The molecule has 1 aromatic heterocycles. The van der Waals surface area contributed by atoms with E-state index >= 15 is 0 Å². The lowest BCUT2D eigenvalue weighted by atomic mass is 10.2. The Labute approximate surface area is 196 Å². The van der Waals surface area contributed by atoms with Crippen LogP contribution >= 0.6 is 11.8 Å². The molecule has 1 heterocycles. The summed E-state index contributed by atoms with van der Waals surface area (Å²) in [6.45, 7) is 2.56. The molecule has 3 rings (SSSR count). The van der Waals surface area contributed by atoms with Gasteiger partial charge in [0.1, 0.15) is 11.5 Å². The third kappa shape index (κ3) is 6.39. The number of aromatic nitrogens is 3. The summed E-state index contributed by atoms with van der Waals surface area (Å²) in [6.07, 6.45) is 1.10. The third-order valence-electron chi connectivity index (χ3n) is 4.49. The number of sulfonamides is 1. The predicted molar refractivity (Wildman–Crippen MR) is 128 cm³/mol. The van der Waals surface area contributed by atoms with Gasteiger partial charge in [0, 0.05) is 23.9 Å². The number of thioether (sulfide) groups is 1. The zero-order valence-electron chi connectivity index (χ0n) is 18.7. The lowest BCUT2D eigenvalue weighted by Crippen LogP contribution is -2.15. The van der Waals surface area contributed by atoms with Crippen molar-refractivity contribution in [3.63, 3.8) is 0 Å². The van der Waals surface area contributed by atoms with E-state index in [1.807, 2.05) is 11.5 Å².